The largest absolute Gasteiger partial charge is 0.352 e. The van der Waals surface area contributed by atoms with Gasteiger partial charge in [-0.05, 0) is 48.6 Å². The van der Waals surface area contributed by atoms with Gasteiger partial charge in [-0.15, -0.1) is 0 Å². The molecule has 0 radical (unpaired) electrons. The van der Waals surface area contributed by atoms with Crippen LogP contribution in [0.15, 0.2) is 23.1 Å². The van der Waals surface area contributed by atoms with Crippen LogP contribution in [-0.4, -0.2) is 22.9 Å². The van der Waals surface area contributed by atoms with Crippen LogP contribution in [0.3, 0.4) is 0 Å². The Hall–Kier alpha value is -2.11. The molecule has 0 aliphatic heterocycles. The molecule has 2 amide bonds. The van der Waals surface area contributed by atoms with E-state index in [9.17, 15) is 14.4 Å². The number of anilines is 1. The molecular formula is C17H23N3O3. The molecule has 2 unspecified atom stereocenters. The molecule has 2 atom stereocenters. The second-order valence-corrected chi connectivity index (χ2v) is 7.30. The zero-order valence-corrected chi connectivity index (χ0v) is 13.5. The van der Waals surface area contributed by atoms with Crippen LogP contribution in [0.4, 0.5) is 5.69 Å². The number of nitrogens with zero attached hydrogens (tertiary/aromatic N) is 1. The number of pyridine rings is 1. The molecule has 3 fully saturated rings. The summed E-state index contributed by atoms with van der Waals surface area (Å²) in [6.45, 7) is 4.60. The van der Waals surface area contributed by atoms with Gasteiger partial charge in [0.05, 0.1) is 0 Å². The van der Waals surface area contributed by atoms with Crippen LogP contribution < -0.4 is 16.2 Å². The summed E-state index contributed by atoms with van der Waals surface area (Å²) in [7, 11) is 0. The fourth-order valence-corrected chi connectivity index (χ4v) is 4.09. The van der Waals surface area contributed by atoms with E-state index in [0.29, 0.717) is 23.7 Å². The number of rotatable bonds is 5. The third-order valence-electron chi connectivity index (χ3n) is 5.73. The van der Waals surface area contributed by atoms with Crippen molar-refractivity contribution >= 4 is 18.0 Å². The van der Waals surface area contributed by atoms with Crippen LogP contribution in [0.2, 0.25) is 0 Å². The lowest BCUT2D eigenvalue weighted by Gasteiger charge is -2.58. The van der Waals surface area contributed by atoms with Crippen LogP contribution in [0.1, 0.15) is 33.1 Å². The van der Waals surface area contributed by atoms with Crippen LogP contribution in [0, 0.1) is 17.3 Å². The molecule has 6 nitrogen and oxygen atoms in total. The minimum Gasteiger partial charge on any atom is -0.352 e. The third kappa shape index (κ3) is 2.90. The Kier molecular flexibility index (Phi) is 4.00. The van der Waals surface area contributed by atoms with Gasteiger partial charge in [0.25, 0.3) is 5.56 Å². The molecule has 23 heavy (non-hydrogen) atoms. The van der Waals surface area contributed by atoms with Crippen molar-refractivity contribution in [2.45, 2.75) is 45.7 Å². The summed E-state index contributed by atoms with van der Waals surface area (Å²) in [5.41, 5.74) is 0.214. The Morgan fingerprint density at radius 3 is 2.65 bits per heavy atom. The Balaban J connectivity index is 1.60. The van der Waals surface area contributed by atoms with E-state index >= 15 is 0 Å². The average molecular weight is 317 g/mol. The molecule has 0 spiro atoms. The molecule has 2 N–H and O–H groups in total. The van der Waals surface area contributed by atoms with E-state index in [4.69, 9.17) is 0 Å². The Morgan fingerprint density at radius 2 is 2.04 bits per heavy atom. The second-order valence-electron chi connectivity index (χ2n) is 7.30. The lowest BCUT2D eigenvalue weighted by atomic mass is 9.48. The van der Waals surface area contributed by atoms with E-state index in [2.05, 4.69) is 24.5 Å². The SMILES string of the molecule is CC1(C)C2CC(NC(=O)Cn3cccc(NC=O)c3=O)CC1C2. The fraction of sp³-hybridized carbons (Fsp3) is 0.588. The van der Waals surface area contributed by atoms with Crippen molar-refractivity contribution < 1.29 is 9.59 Å². The lowest BCUT2D eigenvalue weighted by Crippen LogP contribution is -2.56. The third-order valence-corrected chi connectivity index (χ3v) is 5.73. The predicted molar refractivity (Wildman–Crippen MR) is 86.9 cm³/mol. The predicted octanol–water partition coefficient (Wildman–Crippen LogP) is 1.36. The lowest BCUT2D eigenvalue weighted by molar-refractivity contribution is -0.126. The standard InChI is InChI=1S/C17H23N3O3/c1-17(2)11-6-12(17)8-13(7-11)19-15(22)9-20-5-3-4-14(16(20)23)18-10-21/h3-5,10-13H,6-9H2,1-2H3,(H,18,21)(H,19,22). The molecule has 1 heterocycles. The van der Waals surface area contributed by atoms with Gasteiger partial charge in [0, 0.05) is 12.2 Å². The molecule has 3 aliphatic carbocycles. The molecule has 1 aromatic rings. The van der Waals surface area contributed by atoms with Gasteiger partial charge in [0.15, 0.2) is 0 Å². The van der Waals surface area contributed by atoms with Gasteiger partial charge in [-0.1, -0.05) is 13.8 Å². The Bertz CT molecular complexity index is 666. The van der Waals surface area contributed by atoms with Crippen LogP contribution in [-0.2, 0) is 16.1 Å². The molecule has 3 saturated carbocycles. The minimum absolute atomic E-state index is 0.0254. The van der Waals surface area contributed by atoms with Crippen molar-refractivity contribution in [3.05, 3.63) is 28.7 Å². The second kappa shape index (κ2) is 5.83. The van der Waals surface area contributed by atoms with Crippen LogP contribution >= 0.6 is 0 Å². The summed E-state index contributed by atoms with van der Waals surface area (Å²) in [5.74, 6) is 1.23. The highest BCUT2D eigenvalue weighted by atomic mass is 16.2. The van der Waals surface area contributed by atoms with Crippen molar-refractivity contribution in [1.82, 2.24) is 9.88 Å². The van der Waals surface area contributed by atoms with Crippen molar-refractivity contribution in [3.8, 4) is 0 Å². The number of nitrogens with one attached hydrogen (secondary N) is 2. The highest BCUT2D eigenvalue weighted by Gasteiger charge is 2.52. The maximum Gasteiger partial charge on any atom is 0.274 e. The maximum atomic E-state index is 12.2. The maximum absolute atomic E-state index is 12.2. The van der Waals surface area contributed by atoms with E-state index < -0.39 is 0 Å². The molecule has 4 rings (SSSR count). The topological polar surface area (TPSA) is 80.2 Å². The smallest absolute Gasteiger partial charge is 0.274 e. The summed E-state index contributed by atoms with van der Waals surface area (Å²) in [5, 5.41) is 5.40. The first-order valence-electron chi connectivity index (χ1n) is 8.11. The van der Waals surface area contributed by atoms with Crippen molar-refractivity contribution in [3.63, 3.8) is 0 Å². The number of hydrogen-bond donors (Lipinski definition) is 2. The zero-order chi connectivity index (χ0) is 16.6. The van der Waals surface area contributed by atoms with Crippen molar-refractivity contribution in [2.75, 3.05) is 5.32 Å². The number of fused-ring (bicyclic) bond motifs is 2. The number of carbonyl (C=O) groups excluding carboxylic acids is 2. The molecule has 0 aromatic carbocycles. The molecule has 1 aromatic heterocycles. The van der Waals surface area contributed by atoms with Gasteiger partial charge >= 0.3 is 0 Å². The summed E-state index contributed by atoms with van der Waals surface area (Å²) >= 11 is 0. The van der Waals surface area contributed by atoms with E-state index in [-0.39, 0.29) is 29.7 Å². The summed E-state index contributed by atoms with van der Waals surface area (Å²) in [6.07, 6.45) is 5.34. The first-order valence-corrected chi connectivity index (χ1v) is 8.11. The summed E-state index contributed by atoms with van der Waals surface area (Å²) in [6, 6.07) is 3.37. The van der Waals surface area contributed by atoms with E-state index in [1.54, 1.807) is 12.3 Å². The minimum atomic E-state index is -0.373. The molecule has 124 valence electrons. The quantitative estimate of drug-likeness (QED) is 0.805. The Morgan fingerprint density at radius 1 is 1.35 bits per heavy atom. The van der Waals surface area contributed by atoms with Gasteiger partial charge in [-0.3, -0.25) is 14.4 Å². The van der Waals surface area contributed by atoms with Gasteiger partial charge in [-0.2, -0.15) is 0 Å². The van der Waals surface area contributed by atoms with E-state index in [0.717, 1.165) is 12.8 Å². The molecule has 3 aliphatic rings. The summed E-state index contributed by atoms with van der Waals surface area (Å²) < 4.78 is 1.31. The van der Waals surface area contributed by atoms with Crippen molar-refractivity contribution in [1.29, 1.82) is 0 Å². The summed E-state index contributed by atoms with van der Waals surface area (Å²) in [4.78, 5) is 34.8. The van der Waals surface area contributed by atoms with Gasteiger partial charge in [0.2, 0.25) is 12.3 Å². The highest BCUT2D eigenvalue weighted by molar-refractivity contribution is 5.76. The van der Waals surface area contributed by atoms with E-state index in [1.807, 2.05) is 0 Å². The van der Waals surface area contributed by atoms with Gasteiger partial charge < -0.3 is 15.2 Å². The van der Waals surface area contributed by atoms with Gasteiger partial charge in [-0.25, -0.2) is 0 Å². The first-order chi connectivity index (χ1) is 10.9. The number of amides is 2. The van der Waals surface area contributed by atoms with Gasteiger partial charge in [0.1, 0.15) is 12.2 Å². The number of aromatic nitrogens is 1. The van der Waals surface area contributed by atoms with Crippen LogP contribution in [0.25, 0.3) is 0 Å². The normalized spacial score (nSPS) is 27.7. The molecular weight excluding hydrogens is 294 g/mol. The zero-order valence-electron chi connectivity index (χ0n) is 13.5. The van der Waals surface area contributed by atoms with Crippen molar-refractivity contribution in [2.24, 2.45) is 17.3 Å². The van der Waals surface area contributed by atoms with E-state index in [1.165, 1.54) is 17.1 Å². The number of hydrogen-bond acceptors (Lipinski definition) is 3. The average Bonchev–Trinajstić information content (AvgIpc) is 2.51. The molecule has 2 bridgehead atoms. The molecule has 6 heteroatoms. The number of carbonyl (C=O) groups is 2. The fourth-order valence-electron chi connectivity index (χ4n) is 4.09. The monoisotopic (exact) mass is 317 g/mol. The highest BCUT2D eigenvalue weighted by Crippen LogP contribution is 2.58. The first kappa shape index (κ1) is 15.8. The van der Waals surface area contributed by atoms with Crippen LogP contribution in [0.5, 0.6) is 0 Å². The molecule has 0 saturated heterocycles. The Labute approximate surface area is 135 Å².